The number of rotatable bonds is 8. The molecule has 0 unspecified atom stereocenters. The average Bonchev–Trinajstić information content (AvgIpc) is 2.53. The Morgan fingerprint density at radius 2 is 1.54 bits per heavy atom. The van der Waals surface area contributed by atoms with E-state index < -0.39 is 18.1 Å². The Labute approximate surface area is 158 Å². The molecular weight excluding hydrogens is 395 g/mol. The molecular formula is C15H24F3NO5S2. The van der Waals surface area contributed by atoms with Crippen LogP contribution in [-0.4, -0.2) is 52.3 Å². The Hall–Kier alpha value is -1.10. The van der Waals surface area contributed by atoms with Crippen LogP contribution in [0, 0.1) is 11.8 Å². The molecule has 1 aliphatic carbocycles. The molecule has 0 saturated heterocycles. The van der Waals surface area contributed by atoms with Crippen molar-refractivity contribution < 1.29 is 37.8 Å². The van der Waals surface area contributed by atoms with Gasteiger partial charge < -0.3 is 15.5 Å². The number of nitrogens with one attached hydrogen (secondary N) is 1. The van der Waals surface area contributed by atoms with Crippen LogP contribution in [0.25, 0.3) is 0 Å². The zero-order valence-corrected chi connectivity index (χ0v) is 16.0. The Balaban J connectivity index is 0.000000758. The van der Waals surface area contributed by atoms with Crippen LogP contribution < -0.4 is 5.32 Å². The Kier molecular flexibility index (Phi) is 12.6. The van der Waals surface area contributed by atoms with Gasteiger partial charge in [0.05, 0.1) is 6.42 Å². The van der Waals surface area contributed by atoms with Crippen molar-refractivity contribution in [3.8, 4) is 0 Å². The van der Waals surface area contributed by atoms with Crippen molar-refractivity contribution in [3.05, 3.63) is 0 Å². The van der Waals surface area contributed by atoms with Gasteiger partial charge in [-0.2, -0.15) is 13.2 Å². The SMILES string of the molecule is CC1CCC(C(=O)NCCSSCCC(=O)O)CC1.O=C(O)C(F)(F)F. The molecule has 0 aromatic heterocycles. The number of carbonyl (C=O) groups excluding carboxylic acids is 1. The van der Waals surface area contributed by atoms with Crippen LogP contribution in [0.3, 0.4) is 0 Å². The lowest BCUT2D eigenvalue weighted by atomic mass is 9.82. The smallest absolute Gasteiger partial charge is 0.481 e. The topological polar surface area (TPSA) is 104 Å². The molecule has 1 amide bonds. The first-order valence-corrected chi connectivity index (χ1v) is 10.6. The van der Waals surface area contributed by atoms with Crippen LogP contribution in [-0.2, 0) is 14.4 Å². The number of hydrogen-bond acceptors (Lipinski definition) is 5. The summed E-state index contributed by atoms with van der Waals surface area (Å²) in [5.41, 5.74) is 0. The minimum absolute atomic E-state index is 0.197. The van der Waals surface area contributed by atoms with Crippen LogP contribution in [0.5, 0.6) is 0 Å². The lowest BCUT2D eigenvalue weighted by Gasteiger charge is -2.25. The molecule has 1 aliphatic rings. The highest BCUT2D eigenvalue weighted by molar-refractivity contribution is 8.76. The third kappa shape index (κ3) is 13.2. The van der Waals surface area contributed by atoms with Gasteiger partial charge in [-0.15, -0.1) is 0 Å². The summed E-state index contributed by atoms with van der Waals surface area (Å²) in [7, 11) is 3.18. The highest BCUT2D eigenvalue weighted by Crippen LogP contribution is 2.28. The second-order valence-electron chi connectivity index (χ2n) is 5.84. The van der Waals surface area contributed by atoms with Gasteiger partial charge in [-0.3, -0.25) is 9.59 Å². The van der Waals surface area contributed by atoms with E-state index in [4.69, 9.17) is 15.0 Å². The molecule has 0 heterocycles. The molecule has 1 rings (SSSR count). The molecule has 1 fully saturated rings. The van der Waals surface area contributed by atoms with Gasteiger partial charge in [0.1, 0.15) is 0 Å². The maximum absolute atomic E-state index is 11.9. The molecule has 0 aromatic carbocycles. The second-order valence-corrected chi connectivity index (χ2v) is 8.54. The zero-order chi connectivity index (χ0) is 20.2. The van der Waals surface area contributed by atoms with Crippen LogP contribution in [0.2, 0.25) is 0 Å². The van der Waals surface area contributed by atoms with Crippen LogP contribution >= 0.6 is 21.6 Å². The first-order chi connectivity index (χ1) is 12.0. The molecule has 3 N–H and O–H groups in total. The Morgan fingerprint density at radius 1 is 1.04 bits per heavy atom. The van der Waals surface area contributed by atoms with Crippen molar-refractivity contribution in [2.24, 2.45) is 11.8 Å². The monoisotopic (exact) mass is 419 g/mol. The highest BCUT2D eigenvalue weighted by atomic mass is 33.1. The summed E-state index contributed by atoms with van der Waals surface area (Å²) < 4.78 is 31.7. The van der Waals surface area contributed by atoms with E-state index >= 15 is 0 Å². The second kappa shape index (κ2) is 13.1. The molecule has 1 saturated carbocycles. The number of aliphatic carboxylic acids is 2. The average molecular weight is 419 g/mol. The number of hydrogen-bond donors (Lipinski definition) is 3. The lowest BCUT2D eigenvalue weighted by molar-refractivity contribution is -0.192. The number of carbonyl (C=O) groups is 3. The summed E-state index contributed by atoms with van der Waals surface area (Å²) in [4.78, 5) is 31.1. The van der Waals surface area contributed by atoms with Gasteiger partial charge in [-0.05, 0) is 31.6 Å². The van der Waals surface area contributed by atoms with Crippen molar-refractivity contribution >= 4 is 39.4 Å². The number of halogens is 3. The minimum atomic E-state index is -5.08. The summed E-state index contributed by atoms with van der Waals surface area (Å²) in [5.74, 6) is -0.886. The molecule has 152 valence electrons. The molecule has 11 heteroatoms. The Morgan fingerprint density at radius 3 is 2.00 bits per heavy atom. The largest absolute Gasteiger partial charge is 0.490 e. The van der Waals surface area contributed by atoms with Gasteiger partial charge >= 0.3 is 18.1 Å². The third-order valence-corrected chi connectivity index (χ3v) is 6.00. The van der Waals surface area contributed by atoms with Crippen molar-refractivity contribution in [1.82, 2.24) is 5.32 Å². The van der Waals surface area contributed by atoms with Gasteiger partial charge in [-0.1, -0.05) is 28.5 Å². The molecule has 0 radical (unpaired) electrons. The fourth-order valence-corrected chi connectivity index (χ4v) is 4.02. The predicted octanol–water partition coefficient (Wildman–Crippen LogP) is 3.42. The summed E-state index contributed by atoms with van der Waals surface area (Å²) in [6, 6.07) is 0. The first kappa shape index (κ1) is 24.9. The molecule has 0 atom stereocenters. The van der Waals surface area contributed by atoms with E-state index in [1.807, 2.05) is 0 Å². The van der Waals surface area contributed by atoms with Crippen molar-refractivity contribution in [2.45, 2.75) is 45.2 Å². The third-order valence-electron chi connectivity index (χ3n) is 3.60. The van der Waals surface area contributed by atoms with E-state index in [0.29, 0.717) is 12.3 Å². The quantitative estimate of drug-likeness (QED) is 0.409. The predicted molar refractivity (Wildman–Crippen MR) is 95.0 cm³/mol. The van der Waals surface area contributed by atoms with E-state index in [1.54, 1.807) is 21.6 Å². The fourth-order valence-electron chi connectivity index (χ4n) is 2.13. The van der Waals surface area contributed by atoms with Crippen molar-refractivity contribution in [2.75, 3.05) is 18.1 Å². The lowest BCUT2D eigenvalue weighted by Crippen LogP contribution is -2.34. The zero-order valence-electron chi connectivity index (χ0n) is 14.4. The number of alkyl halides is 3. The molecule has 0 spiro atoms. The van der Waals surface area contributed by atoms with Gasteiger partial charge in [0.15, 0.2) is 0 Å². The van der Waals surface area contributed by atoms with Crippen LogP contribution in [0.4, 0.5) is 13.2 Å². The Bertz CT molecular complexity index is 455. The molecule has 0 aromatic rings. The maximum atomic E-state index is 11.9. The molecule has 0 bridgehead atoms. The van der Waals surface area contributed by atoms with Crippen molar-refractivity contribution in [1.29, 1.82) is 0 Å². The maximum Gasteiger partial charge on any atom is 0.490 e. The summed E-state index contributed by atoms with van der Waals surface area (Å²) >= 11 is 0. The van der Waals surface area contributed by atoms with E-state index in [9.17, 15) is 22.8 Å². The van der Waals surface area contributed by atoms with Crippen LogP contribution in [0.15, 0.2) is 0 Å². The number of carboxylic acids is 2. The molecule has 6 nitrogen and oxygen atoms in total. The molecule has 26 heavy (non-hydrogen) atoms. The highest BCUT2D eigenvalue weighted by Gasteiger charge is 2.38. The summed E-state index contributed by atoms with van der Waals surface area (Å²) in [6.45, 7) is 2.93. The van der Waals surface area contributed by atoms with E-state index in [-0.39, 0.29) is 18.2 Å². The number of carboxylic acid groups (broad SMARTS) is 2. The van der Waals surface area contributed by atoms with E-state index in [0.717, 1.165) is 37.4 Å². The first-order valence-electron chi connectivity index (χ1n) is 8.08. The van der Waals surface area contributed by atoms with Gasteiger partial charge in [0.25, 0.3) is 0 Å². The standard InChI is InChI=1S/C13H23NO3S2.C2HF3O2/c1-10-2-4-11(5-3-10)13(17)14-7-9-19-18-8-6-12(15)16;3-2(4,5)1(6)7/h10-11H,2-9H2,1H3,(H,14,17)(H,15,16);(H,6,7). The van der Waals surface area contributed by atoms with Crippen LogP contribution in [0.1, 0.15) is 39.0 Å². The van der Waals surface area contributed by atoms with E-state index in [1.165, 1.54) is 0 Å². The van der Waals surface area contributed by atoms with Gasteiger partial charge in [-0.25, -0.2) is 4.79 Å². The molecule has 0 aliphatic heterocycles. The van der Waals surface area contributed by atoms with E-state index in [2.05, 4.69) is 12.2 Å². The van der Waals surface area contributed by atoms with Gasteiger partial charge in [0, 0.05) is 24.0 Å². The normalized spacial score (nSPS) is 19.8. The minimum Gasteiger partial charge on any atom is -0.481 e. The van der Waals surface area contributed by atoms with Crippen molar-refractivity contribution in [3.63, 3.8) is 0 Å². The summed E-state index contributed by atoms with van der Waals surface area (Å²) in [5, 5.41) is 18.6. The summed E-state index contributed by atoms with van der Waals surface area (Å²) in [6.07, 6.45) is -0.513. The number of amides is 1. The fraction of sp³-hybridized carbons (Fsp3) is 0.800. The van der Waals surface area contributed by atoms with Gasteiger partial charge in [0.2, 0.25) is 5.91 Å².